The third-order valence-corrected chi connectivity index (χ3v) is 3.15. The van der Waals surface area contributed by atoms with Gasteiger partial charge in [0.25, 0.3) is 0 Å². The average Bonchev–Trinajstić information content (AvgIpc) is 3.12. The van der Waals surface area contributed by atoms with Crippen molar-refractivity contribution in [1.82, 2.24) is 4.98 Å². The summed E-state index contributed by atoms with van der Waals surface area (Å²) < 4.78 is 5.61. The molecular formula is C13H21N3O. The molecule has 1 aliphatic rings. The highest BCUT2D eigenvalue weighted by Gasteiger charge is 2.20. The Hall–Kier alpha value is -1.29. The van der Waals surface area contributed by atoms with Crippen LogP contribution in [0.25, 0.3) is 0 Å². The smallest absolute Gasteiger partial charge is 0.128 e. The van der Waals surface area contributed by atoms with Crippen molar-refractivity contribution in [2.24, 2.45) is 5.92 Å². The van der Waals surface area contributed by atoms with Crippen LogP contribution in [0.3, 0.4) is 0 Å². The summed E-state index contributed by atoms with van der Waals surface area (Å²) in [6.45, 7) is 4.54. The Morgan fingerprint density at radius 1 is 1.53 bits per heavy atom. The number of anilines is 2. The van der Waals surface area contributed by atoms with Gasteiger partial charge in [-0.05, 0) is 37.3 Å². The molecule has 0 amide bonds. The first-order valence-corrected chi connectivity index (χ1v) is 6.18. The van der Waals surface area contributed by atoms with E-state index >= 15 is 0 Å². The standard InChI is InChI=1S/C13H21N3O/c1-10-7-13(15-8-12(10)14)16(2)5-6-17-9-11-3-4-11/h7-8,11H,3-6,9,14H2,1-2H3. The maximum Gasteiger partial charge on any atom is 0.128 e. The average molecular weight is 235 g/mol. The quantitative estimate of drug-likeness (QED) is 0.764. The van der Waals surface area contributed by atoms with Crippen molar-refractivity contribution in [3.8, 4) is 0 Å². The van der Waals surface area contributed by atoms with Crippen molar-refractivity contribution in [3.05, 3.63) is 17.8 Å². The zero-order chi connectivity index (χ0) is 12.3. The van der Waals surface area contributed by atoms with Crippen molar-refractivity contribution >= 4 is 11.5 Å². The van der Waals surface area contributed by atoms with Crippen molar-refractivity contribution in [2.75, 3.05) is 37.4 Å². The second-order valence-corrected chi connectivity index (χ2v) is 4.84. The highest BCUT2D eigenvalue weighted by atomic mass is 16.5. The van der Waals surface area contributed by atoms with Gasteiger partial charge in [-0.2, -0.15) is 0 Å². The summed E-state index contributed by atoms with van der Waals surface area (Å²) in [5.74, 6) is 1.78. The first kappa shape index (κ1) is 12.2. The van der Waals surface area contributed by atoms with Gasteiger partial charge in [-0.25, -0.2) is 4.98 Å². The molecular weight excluding hydrogens is 214 g/mol. The molecule has 0 aromatic carbocycles. The number of nitrogens with two attached hydrogens (primary N) is 1. The van der Waals surface area contributed by atoms with Gasteiger partial charge in [0, 0.05) is 20.2 Å². The van der Waals surface area contributed by atoms with Gasteiger partial charge in [0.15, 0.2) is 0 Å². The molecule has 17 heavy (non-hydrogen) atoms. The monoisotopic (exact) mass is 235 g/mol. The molecule has 0 aliphatic heterocycles. The van der Waals surface area contributed by atoms with Crippen LogP contribution in [0, 0.1) is 12.8 Å². The van der Waals surface area contributed by atoms with Crippen molar-refractivity contribution in [1.29, 1.82) is 0 Å². The summed E-state index contributed by atoms with van der Waals surface area (Å²) >= 11 is 0. The van der Waals surface area contributed by atoms with Crippen LogP contribution in [0.15, 0.2) is 12.3 Å². The molecule has 4 heteroatoms. The van der Waals surface area contributed by atoms with Crippen LogP contribution in [-0.4, -0.2) is 31.8 Å². The fourth-order valence-electron chi connectivity index (χ4n) is 1.61. The van der Waals surface area contributed by atoms with Crippen molar-refractivity contribution in [2.45, 2.75) is 19.8 Å². The number of ether oxygens (including phenoxy) is 1. The second kappa shape index (κ2) is 5.36. The number of hydrogen-bond acceptors (Lipinski definition) is 4. The summed E-state index contributed by atoms with van der Waals surface area (Å²) in [4.78, 5) is 6.41. The number of aryl methyl sites for hydroxylation is 1. The molecule has 4 nitrogen and oxygen atoms in total. The maximum atomic E-state index is 5.75. The van der Waals surface area contributed by atoms with Crippen molar-refractivity contribution < 1.29 is 4.74 Å². The van der Waals surface area contributed by atoms with Crippen LogP contribution in [-0.2, 0) is 4.74 Å². The van der Waals surface area contributed by atoms with E-state index in [0.717, 1.165) is 42.7 Å². The largest absolute Gasteiger partial charge is 0.397 e. The Balaban J connectivity index is 1.76. The fourth-order valence-corrected chi connectivity index (χ4v) is 1.61. The summed E-state index contributed by atoms with van der Waals surface area (Å²) in [6.07, 6.45) is 4.40. The molecule has 1 heterocycles. The van der Waals surface area contributed by atoms with E-state index in [1.807, 2.05) is 20.0 Å². The number of pyridine rings is 1. The first-order valence-electron chi connectivity index (χ1n) is 6.18. The number of likely N-dealkylation sites (N-methyl/N-ethyl adjacent to an activating group) is 1. The van der Waals surface area contributed by atoms with E-state index in [1.165, 1.54) is 12.8 Å². The van der Waals surface area contributed by atoms with E-state index < -0.39 is 0 Å². The zero-order valence-corrected chi connectivity index (χ0v) is 10.6. The van der Waals surface area contributed by atoms with Crippen molar-refractivity contribution in [3.63, 3.8) is 0 Å². The van der Waals surface area contributed by atoms with Gasteiger partial charge in [0.05, 0.1) is 18.5 Å². The third-order valence-electron chi connectivity index (χ3n) is 3.15. The lowest BCUT2D eigenvalue weighted by atomic mass is 10.2. The predicted molar refractivity (Wildman–Crippen MR) is 70.2 cm³/mol. The van der Waals surface area contributed by atoms with Gasteiger partial charge < -0.3 is 15.4 Å². The molecule has 2 N–H and O–H groups in total. The Labute approximate surface area is 103 Å². The number of nitrogens with zero attached hydrogens (tertiary/aromatic N) is 2. The number of aromatic nitrogens is 1. The lowest BCUT2D eigenvalue weighted by Gasteiger charge is -2.18. The lowest BCUT2D eigenvalue weighted by Crippen LogP contribution is -2.24. The van der Waals surface area contributed by atoms with E-state index in [1.54, 1.807) is 6.20 Å². The third kappa shape index (κ3) is 3.60. The molecule has 0 atom stereocenters. The highest BCUT2D eigenvalue weighted by molar-refractivity contribution is 5.51. The first-order chi connectivity index (χ1) is 8.16. The van der Waals surface area contributed by atoms with Crippen LogP contribution >= 0.6 is 0 Å². The minimum Gasteiger partial charge on any atom is -0.397 e. The van der Waals surface area contributed by atoms with E-state index in [-0.39, 0.29) is 0 Å². The highest BCUT2D eigenvalue weighted by Crippen LogP contribution is 2.28. The Bertz CT molecular complexity index is 377. The molecule has 1 fully saturated rings. The van der Waals surface area contributed by atoms with Gasteiger partial charge in [0.2, 0.25) is 0 Å². The fraction of sp³-hybridized carbons (Fsp3) is 0.615. The minimum atomic E-state index is 0.743. The summed E-state index contributed by atoms with van der Waals surface area (Å²) in [5, 5.41) is 0. The maximum absolute atomic E-state index is 5.75. The minimum absolute atomic E-state index is 0.743. The normalized spacial score (nSPS) is 14.9. The van der Waals surface area contributed by atoms with Gasteiger partial charge in [-0.15, -0.1) is 0 Å². The van der Waals surface area contributed by atoms with Crippen LogP contribution in [0.4, 0.5) is 11.5 Å². The summed E-state index contributed by atoms with van der Waals surface area (Å²) in [6, 6.07) is 2.01. The van der Waals surface area contributed by atoms with Crippen LogP contribution in [0.5, 0.6) is 0 Å². The number of hydrogen-bond donors (Lipinski definition) is 1. The zero-order valence-electron chi connectivity index (χ0n) is 10.6. The predicted octanol–water partition coefficient (Wildman–Crippen LogP) is 1.84. The van der Waals surface area contributed by atoms with E-state index in [9.17, 15) is 0 Å². The molecule has 0 unspecified atom stereocenters. The Kier molecular flexibility index (Phi) is 3.84. The van der Waals surface area contributed by atoms with Gasteiger partial charge in [-0.1, -0.05) is 0 Å². The second-order valence-electron chi connectivity index (χ2n) is 4.84. The molecule has 1 saturated carbocycles. The molecule has 0 spiro atoms. The summed E-state index contributed by atoms with van der Waals surface area (Å²) in [5.41, 5.74) is 7.56. The van der Waals surface area contributed by atoms with E-state index in [4.69, 9.17) is 10.5 Å². The van der Waals surface area contributed by atoms with Crippen LogP contribution < -0.4 is 10.6 Å². The molecule has 0 bridgehead atoms. The van der Waals surface area contributed by atoms with E-state index in [0.29, 0.717) is 0 Å². The van der Waals surface area contributed by atoms with Crippen LogP contribution in [0.2, 0.25) is 0 Å². The molecule has 0 saturated heterocycles. The van der Waals surface area contributed by atoms with E-state index in [2.05, 4.69) is 9.88 Å². The molecule has 1 aromatic heterocycles. The molecule has 1 aromatic rings. The number of nitrogen functional groups attached to an aromatic ring is 1. The topological polar surface area (TPSA) is 51.4 Å². The SMILES string of the molecule is Cc1cc(N(C)CCOCC2CC2)ncc1N. The van der Waals surface area contributed by atoms with Gasteiger partial charge >= 0.3 is 0 Å². The molecule has 1 aliphatic carbocycles. The molecule has 2 rings (SSSR count). The Morgan fingerprint density at radius 2 is 2.29 bits per heavy atom. The Morgan fingerprint density at radius 3 is 2.94 bits per heavy atom. The van der Waals surface area contributed by atoms with Crippen LogP contribution in [0.1, 0.15) is 18.4 Å². The lowest BCUT2D eigenvalue weighted by molar-refractivity contribution is 0.131. The summed E-state index contributed by atoms with van der Waals surface area (Å²) in [7, 11) is 2.03. The number of rotatable bonds is 6. The van der Waals surface area contributed by atoms with Gasteiger partial charge in [0.1, 0.15) is 5.82 Å². The molecule has 94 valence electrons. The van der Waals surface area contributed by atoms with Gasteiger partial charge in [-0.3, -0.25) is 0 Å². The molecule has 0 radical (unpaired) electrons.